The standard InChI is InChI=1S/C22H21N5O/c1-16-7-5-8-17(15-16)25-22(28)24-14-12-20-26-19-11-6-13-23-21(19)27(20)18-9-3-2-4-10-18/h2-11,13,15H,12,14H2,1H3,(H2,24,25,28). The first-order chi connectivity index (χ1) is 13.7. The second-order valence-corrected chi connectivity index (χ2v) is 6.55. The fourth-order valence-corrected chi connectivity index (χ4v) is 3.16. The Kier molecular flexibility index (Phi) is 5.01. The number of pyridine rings is 1. The van der Waals surface area contributed by atoms with Gasteiger partial charge in [-0.2, -0.15) is 0 Å². The first-order valence-electron chi connectivity index (χ1n) is 9.20. The number of nitrogens with zero attached hydrogens (tertiary/aromatic N) is 3. The molecule has 4 aromatic rings. The van der Waals surface area contributed by atoms with E-state index >= 15 is 0 Å². The van der Waals surface area contributed by atoms with E-state index in [1.807, 2.05) is 78.2 Å². The van der Waals surface area contributed by atoms with E-state index in [0.717, 1.165) is 33.9 Å². The van der Waals surface area contributed by atoms with Gasteiger partial charge in [-0.3, -0.25) is 4.57 Å². The van der Waals surface area contributed by atoms with Crippen molar-refractivity contribution in [2.75, 3.05) is 11.9 Å². The summed E-state index contributed by atoms with van der Waals surface area (Å²) in [5.74, 6) is 0.857. The van der Waals surface area contributed by atoms with Crippen LogP contribution in [0.25, 0.3) is 16.9 Å². The van der Waals surface area contributed by atoms with E-state index in [1.54, 1.807) is 6.20 Å². The Labute approximate surface area is 163 Å². The number of amides is 2. The molecular weight excluding hydrogens is 350 g/mol. The molecule has 0 fully saturated rings. The topological polar surface area (TPSA) is 71.8 Å². The number of urea groups is 1. The number of anilines is 1. The van der Waals surface area contributed by atoms with Gasteiger partial charge in [0, 0.05) is 30.5 Å². The van der Waals surface area contributed by atoms with Gasteiger partial charge < -0.3 is 10.6 Å². The lowest BCUT2D eigenvalue weighted by Gasteiger charge is -2.10. The van der Waals surface area contributed by atoms with Crippen LogP contribution < -0.4 is 10.6 Å². The quantitative estimate of drug-likeness (QED) is 0.555. The van der Waals surface area contributed by atoms with Crippen LogP contribution in [0.3, 0.4) is 0 Å². The molecule has 4 rings (SSSR count). The number of imidazole rings is 1. The zero-order chi connectivity index (χ0) is 19.3. The Morgan fingerprint density at radius 1 is 1.04 bits per heavy atom. The van der Waals surface area contributed by atoms with Crippen molar-refractivity contribution < 1.29 is 4.79 Å². The highest BCUT2D eigenvalue weighted by Crippen LogP contribution is 2.19. The molecule has 140 valence electrons. The smallest absolute Gasteiger partial charge is 0.319 e. The number of rotatable bonds is 5. The van der Waals surface area contributed by atoms with Gasteiger partial charge in [0.05, 0.1) is 0 Å². The predicted molar refractivity (Wildman–Crippen MR) is 111 cm³/mol. The molecule has 0 saturated heterocycles. The summed E-state index contributed by atoms with van der Waals surface area (Å²) in [6.45, 7) is 2.46. The fraction of sp³-hybridized carbons (Fsp3) is 0.136. The lowest BCUT2D eigenvalue weighted by atomic mass is 10.2. The number of aryl methyl sites for hydroxylation is 1. The van der Waals surface area contributed by atoms with Crippen molar-refractivity contribution in [3.8, 4) is 5.69 Å². The van der Waals surface area contributed by atoms with Crippen LogP contribution >= 0.6 is 0 Å². The van der Waals surface area contributed by atoms with E-state index in [4.69, 9.17) is 4.98 Å². The Hall–Kier alpha value is -3.67. The second-order valence-electron chi connectivity index (χ2n) is 6.55. The first kappa shape index (κ1) is 17.7. The van der Waals surface area contributed by atoms with E-state index in [-0.39, 0.29) is 6.03 Å². The highest BCUT2D eigenvalue weighted by Gasteiger charge is 2.13. The molecule has 0 unspecified atom stereocenters. The van der Waals surface area contributed by atoms with Crippen molar-refractivity contribution in [2.45, 2.75) is 13.3 Å². The van der Waals surface area contributed by atoms with Crippen molar-refractivity contribution in [3.63, 3.8) is 0 Å². The van der Waals surface area contributed by atoms with Gasteiger partial charge in [0.2, 0.25) is 0 Å². The molecule has 0 atom stereocenters. The number of carbonyl (C=O) groups excluding carboxylic acids is 1. The normalized spacial score (nSPS) is 10.8. The average Bonchev–Trinajstić information content (AvgIpc) is 3.07. The minimum Gasteiger partial charge on any atom is -0.337 e. The predicted octanol–water partition coefficient (Wildman–Crippen LogP) is 4.09. The van der Waals surface area contributed by atoms with Crippen LogP contribution in [0, 0.1) is 6.92 Å². The lowest BCUT2D eigenvalue weighted by Crippen LogP contribution is -2.30. The maximum absolute atomic E-state index is 12.2. The van der Waals surface area contributed by atoms with Crippen molar-refractivity contribution in [2.24, 2.45) is 0 Å². The van der Waals surface area contributed by atoms with Gasteiger partial charge in [0.15, 0.2) is 5.65 Å². The minimum absolute atomic E-state index is 0.230. The molecule has 2 N–H and O–H groups in total. The molecule has 28 heavy (non-hydrogen) atoms. The molecule has 0 radical (unpaired) electrons. The Balaban J connectivity index is 1.48. The third-order valence-corrected chi connectivity index (χ3v) is 4.41. The number of hydrogen-bond donors (Lipinski definition) is 2. The average molecular weight is 371 g/mol. The number of benzene rings is 2. The summed E-state index contributed by atoms with van der Waals surface area (Å²) >= 11 is 0. The Morgan fingerprint density at radius 2 is 1.89 bits per heavy atom. The number of aromatic nitrogens is 3. The first-order valence-corrected chi connectivity index (χ1v) is 9.20. The van der Waals surface area contributed by atoms with Gasteiger partial charge in [-0.05, 0) is 48.9 Å². The van der Waals surface area contributed by atoms with Gasteiger partial charge in [-0.25, -0.2) is 14.8 Å². The Morgan fingerprint density at radius 3 is 2.71 bits per heavy atom. The zero-order valence-corrected chi connectivity index (χ0v) is 15.6. The Bertz CT molecular complexity index is 1100. The minimum atomic E-state index is -0.230. The molecule has 2 aromatic carbocycles. The van der Waals surface area contributed by atoms with Gasteiger partial charge in [-0.15, -0.1) is 0 Å². The molecule has 6 heteroatoms. The van der Waals surface area contributed by atoms with Gasteiger partial charge in [0.25, 0.3) is 0 Å². The van der Waals surface area contributed by atoms with Crippen LogP contribution in [0.15, 0.2) is 72.9 Å². The summed E-state index contributed by atoms with van der Waals surface area (Å²) in [7, 11) is 0. The molecule has 6 nitrogen and oxygen atoms in total. The van der Waals surface area contributed by atoms with Crippen LogP contribution in [-0.4, -0.2) is 27.1 Å². The third-order valence-electron chi connectivity index (χ3n) is 4.41. The van der Waals surface area contributed by atoms with E-state index in [9.17, 15) is 4.79 Å². The van der Waals surface area contributed by atoms with Gasteiger partial charge in [-0.1, -0.05) is 30.3 Å². The van der Waals surface area contributed by atoms with Crippen LogP contribution in [0.1, 0.15) is 11.4 Å². The molecule has 0 aliphatic carbocycles. The monoisotopic (exact) mass is 371 g/mol. The van der Waals surface area contributed by atoms with Crippen molar-refractivity contribution >= 4 is 22.9 Å². The van der Waals surface area contributed by atoms with E-state index in [2.05, 4.69) is 15.6 Å². The van der Waals surface area contributed by atoms with Crippen molar-refractivity contribution in [1.82, 2.24) is 19.9 Å². The SMILES string of the molecule is Cc1cccc(NC(=O)NCCc2nc3cccnc3n2-c2ccccc2)c1. The number of hydrogen-bond acceptors (Lipinski definition) is 3. The molecule has 0 spiro atoms. The summed E-state index contributed by atoms with van der Waals surface area (Å²) in [6.07, 6.45) is 2.35. The second kappa shape index (κ2) is 7.92. The molecule has 2 aromatic heterocycles. The van der Waals surface area contributed by atoms with Crippen LogP contribution in [0.5, 0.6) is 0 Å². The molecular formula is C22H21N5O. The van der Waals surface area contributed by atoms with Crippen molar-refractivity contribution in [3.05, 3.63) is 84.3 Å². The summed E-state index contributed by atoms with van der Waals surface area (Å²) in [6, 6.07) is 21.3. The van der Waals surface area contributed by atoms with Gasteiger partial charge >= 0.3 is 6.03 Å². The molecule has 0 aliphatic heterocycles. The lowest BCUT2D eigenvalue weighted by molar-refractivity contribution is 0.252. The number of carbonyl (C=O) groups is 1. The maximum Gasteiger partial charge on any atom is 0.319 e. The van der Waals surface area contributed by atoms with Crippen LogP contribution in [0.2, 0.25) is 0 Å². The number of fused-ring (bicyclic) bond motifs is 1. The molecule has 0 aliphatic rings. The highest BCUT2D eigenvalue weighted by molar-refractivity contribution is 5.89. The van der Waals surface area contributed by atoms with Crippen LogP contribution in [-0.2, 0) is 6.42 Å². The molecule has 0 saturated carbocycles. The highest BCUT2D eigenvalue weighted by atomic mass is 16.2. The molecule has 0 bridgehead atoms. The van der Waals surface area contributed by atoms with E-state index < -0.39 is 0 Å². The largest absolute Gasteiger partial charge is 0.337 e. The zero-order valence-electron chi connectivity index (χ0n) is 15.6. The third kappa shape index (κ3) is 3.86. The van der Waals surface area contributed by atoms with E-state index in [1.165, 1.54) is 0 Å². The summed E-state index contributed by atoms with van der Waals surface area (Å²) in [5, 5.41) is 5.75. The molecule has 2 heterocycles. The molecule has 2 amide bonds. The number of nitrogens with one attached hydrogen (secondary N) is 2. The summed E-state index contributed by atoms with van der Waals surface area (Å²) in [5.41, 5.74) is 4.53. The fourth-order valence-electron chi connectivity index (χ4n) is 3.16. The number of para-hydroxylation sites is 1. The van der Waals surface area contributed by atoms with Crippen molar-refractivity contribution in [1.29, 1.82) is 0 Å². The maximum atomic E-state index is 12.2. The summed E-state index contributed by atoms with van der Waals surface area (Å²) in [4.78, 5) is 21.4. The summed E-state index contributed by atoms with van der Waals surface area (Å²) < 4.78 is 2.04. The van der Waals surface area contributed by atoms with E-state index in [0.29, 0.717) is 13.0 Å². The van der Waals surface area contributed by atoms with Gasteiger partial charge in [0.1, 0.15) is 11.3 Å². The van der Waals surface area contributed by atoms with Crippen LogP contribution in [0.4, 0.5) is 10.5 Å².